The van der Waals surface area contributed by atoms with Gasteiger partial charge in [0.1, 0.15) is 6.04 Å². The Kier molecular flexibility index (Phi) is 5.11. The molecule has 0 spiro atoms. The fourth-order valence-electron chi connectivity index (χ4n) is 3.30. The summed E-state index contributed by atoms with van der Waals surface area (Å²) < 4.78 is 1.68. The molecule has 0 aliphatic heterocycles. The van der Waals surface area contributed by atoms with E-state index in [1.54, 1.807) is 16.9 Å². The fourth-order valence-corrected chi connectivity index (χ4v) is 3.30. The summed E-state index contributed by atoms with van der Waals surface area (Å²) in [5.41, 5.74) is 2.85. The van der Waals surface area contributed by atoms with E-state index in [0.29, 0.717) is 12.2 Å². The Bertz CT molecular complexity index is 1150. The summed E-state index contributed by atoms with van der Waals surface area (Å²) in [6.07, 6.45) is 4.02. The molecule has 2 aromatic carbocycles. The summed E-state index contributed by atoms with van der Waals surface area (Å²) in [5.74, 6) is -0.156. The molecule has 3 N–H and O–H groups in total. The van der Waals surface area contributed by atoms with Gasteiger partial charge in [-0.05, 0) is 23.8 Å². The Balaban J connectivity index is 1.52. The second-order valence-electron chi connectivity index (χ2n) is 6.79. The van der Waals surface area contributed by atoms with Gasteiger partial charge in [0.25, 0.3) is 0 Å². The lowest BCUT2D eigenvalue weighted by atomic mass is 10.0. The molecule has 4 aromatic rings. The van der Waals surface area contributed by atoms with Gasteiger partial charge in [-0.3, -0.25) is 9.59 Å². The SMILES string of the molecule is CC(=O)NC(Cc1c[nH]c2ccccc12)C(=O)Nc1ccn(-c2ccccc2)n1. The van der Waals surface area contributed by atoms with Crippen molar-refractivity contribution >= 4 is 28.5 Å². The maximum atomic E-state index is 12.9. The van der Waals surface area contributed by atoms with Crippen molar-refractivity contribution in [2.45, 2.75) is 19.4 Å². The van der Waals surface area contributed by atoms with Gasteiger partial charge in [-0.1, -0.05) is 36.4 Å². The normalized spacial score (nSPS) is 11.9. The van der Waals surface area contributed by atoms with Crippen LogP contribution in [0.25, 0.3) is 16.6 Å². The van der Waals surface area contributed by atoms with Crippen LogP contribution in [0.15, 0.2) is 73.1 Å². The number of anilines is 1. The van der Waals surface area contributed by atoms with Crippen LogP contribution in [0.5, 0.6) is 0 Å². The lowest BCUT2D eigenvalue weighted by molar-refractivity contribution is -0.125. The van der Waals surface area contributed by atoms with Gasteiger partial charge in [-0.25, -0.2) is 4.68 Å². The van der Waals surface area contributed by atoms with Crippen LogP contribution in [0.2, 0.25) is 0 Å². The predicted molar refractivity (Wildman–Crippen MR) is 112 cm³/mol. The van der Waals surface area contributed by atoms with Gasteiger partial charge in [0.2, 0.25) is 11.8 Å². The van der Waals surface area contributed by atoms with Gasteiger partial charge >= 0.3 is 0 Å². The highest BCUT2D eigenvalue weighted by molar-refractivity contribution is 5.97. The van der Waals surface area contributed by atoms with Crippen LogP contribution in [0, 0.1) is 0 Å². The second kappa shape index (κ2) is 8.02. The molecule has 0 radical (unpaired) electrons. The fraction of sp³-hybridized carbons (Fsp3) is 0.136. The molecule has 7 heteroatoms. The predicted octanol–water partition coefficient (Wildman–Crippen LogP) is 3.04. The highest BCUT2D eigenvalue weighted by atomic mass is 16.2. The minimum Gasteiger partial charge on any atom is -0.361 e. The van der Waals surface area contributed by atoms with Crippen molar-refractivity contribution in [2.75, 3.05) is 5.32 Å². The molecule has 7 nitrogen and oxygen atoms in total. The Hall–Kier alpha value is -3.87. The number of carbonyl (C=O) groups is 2. The first-order chi connectivity index (χ1) is 14.1. The number of rotatable bonds is 6. The van der Waals surface area contributed by atoms with E-state index in [9.17, 15) is 9.59 Å². The standard InChI is InChI=1S/C22H21N5O2/c1-15(28)24-20(13-16-14-23-19-10-6-5-9-18(16)19)22(29)25-21-11-12-27(26-21)17-7-3-2-4-8-17/h2-12,14,20,23H,13H2,1H3,(H,24,28)(H,25,26,29). The lowest BCUT2D eigenvalue weighted by Gasteiger charge is -2.16. The first kappa shape index (κ1) is 18.5. The highest BCUT2D eigenvalue weighted by Gasteiger charge is 2.22. The quantitative estimate of drug-likeness (QED) is 0.475. The summed E-state index contributed by atoms with van der Waals surface area (Å²) in [6.45, 7) is 1.40. The van der Waals surface area contributed by atoms with E-state index in [1.807, 2.05) is 60.8 Å². The molecule has 0 fully saturated rings. The van der Waals surface area contributed by atoms with Crippen molar-refractivity contribution < 1.29 is 9.59 Å². The molecule has 0 aliphatic rings. The molecular formula is C22H21N5O2. The molecule has 1 unspecified atom stereocenters. The minimum absolute atomic E-state index is 0.264. The van der Waals surface area contributed by atoms with Gasteiger partial charge in [-0.2, -0.15) is 5.10 Å². The van der Waals surface area contributed by atoms with Crippen LogP contribution in [-0.4, -0.2) is 32.6 Å². The molecule has 0 saturated carbocycles. The number of nitrogens with zero attached hydrogens (tertiary/aromatic N) is 2. The summed E-state index contributed by atoms with van der Waals surface area (Å²) >= 11 is 0. The summed E-state index contributed by atoms with van der Waals surface area (Å²) in [4.78, 5) is 27.7. The topological polar surface area (TPSA) is 91.8 Å². The lowest BCUT2D eigenvalue weighted by Crippen LogP contribution is -2.44. The van der Waals surface area contributed by atoms with E-state index in [0.717, 1.165) is 22.2 Å². The minimum atomic E-state index is -0.714. The van der Waals surface area contributed by atoms with E-state index in [-0.39, 0.29) is 11.8 Å². The first-order valence-corrected chi connectivity index (χ1v) is 9.34. The van der Waals surface area contributed by atoms with E-state index < -0.39 is 6.04 Å². The van der Waals surface area contributed by atoms with Gasteiger partial charge in [0, 0.05) is 42.7 Å². The Morgan fingerprint density at radius 3 is 2.62 bits per heavy atom. The third-order valence-corrected chi connectivity index (χ3v) is 4.65. The molecule has 1 atom stereocenters. The molecule has 2 aromatic heterocycles. The zero-order chi connectivity index (χ0) is 20.2. The van der Waals surface area contributed by atoms with Crippen molar-refractivity contribution in [3.8, 4) is 5.69 Å². The summed E-state index contributed by atoms with van der Waals surface area (Å²) in [7, 11) is 0. The Morgan fingerprint density at radius 1 is 1.07 bits per heavy atom. The first-order valence-electron chi connectivity index (χ1n) is 9.34. The van der Waals surface area contributed by atoms with Crippen LogP contribution in [0.3, 0.4) is 0 Å². The number of aromatic amines is 1. The Morgan fingerprint density at radius 2 is 1.83 bits per heavy atom. The number of hydrogen-bond acceptors (Lipinski definition) is 3. The van der Waals surface area contributed by atoms with Gasteiger partial charge < -0.3 is 15.6 Å². The number of carbonyl (C=O) groups excluding carboxylic acids is 2. The van der Waals surface area contributed by atoms with Gasteiger partial charge in [0.15, 0.2) is 5.82 Å². The molecule has 29 heavy (non-hydrogen) atoms. The number of amides is 2. The van der Waals surface area contributed by atoms with E-state index >= 15 is 0 Å². The number of aromatic nitrogens is 3. The molecule has 0 saturated heterocycles. The Labute approximate surface area is 167 Å². The van der Waals surface area contributed by atoms with Gasteiger partial charge in [-0.15, -0.1) is 0 Å². The monoisotopic (exact) mass is 387 g/mol. The molecule has 2 heterocycles. The number of fused-ring (bicyclic) bond motifs is 1. The van der Waals surface area contributed by atoms with E-state index in [4.69, 9.17) is 0 Å². The smallest absolute Gasteiger partial charge is 0.248 e. The zero-order valence-corrected chi connectivity index (χ0v) is 15.9. The van der Waals surface area contributed by atoms with E-state index in [2.05, 4.69) is 20.7 Å². The molecule has 0 bridgehead atoms. The number of para-hydroxylation sites is 2. The maximum Gasteiger partial charge on any atom is 0.248 e. The average molecular weight is 387 g/mol. The molecule has 4 rings (SSSR count). The number of benzene rings is 2. The zero-order valence-electron chi connectivity index (χ0n) is 15.9. The highest BCUT2D eigenvalue weighted by Crippen LogP contribution is 2.19. The summed E-state index contributed by atoms with van der Waals surface area (Å²) in [6, 6.07) is 18.5. The van der Waals surface area contributed by atoms with Crippen molar-refractivity contribution in [2.24, 2.45) is 0 Å². The van der Waals surface area contributed by atoms with Crippen molar-refractivity contribution in [3.05, 3.63) is 78.6 Å². The third kappa shape index (κ3) is 4.19. The molecule has 0 aliphatic carbocycles. The summed E-state index contributed by atoms with van der Waals surface area (Å²) in [5, 5.41) is 11.0. The van der Waals surface area contributed by atoms with Crippen LogP contribution in [0.1, 0.15) is 12.5 Å². The van der Waals surface area contributed by atoms with Crippen LogP contribution >= 0.6 is 0 Å². The van der Waals surface area contributed by atoms with Gasteiger partial charge in [0.05, 0.1) is 5.69 Å². The average Bonchev–Trinajstić information content (AvgIpc) is 3.35. The molecule has 146 valence electrons. The van der Waals surface area contributed by atoms with Crippen molar-refractivity contribution in [3.63, 3.8) is 0 Å². The van der Waals surface area contributed by atoms with E-state index in [1.165, 1.54) is 6.92 Å². The van der Waals surface area contributed by atoms with Crippen LogP contribution in [0.4, 0.5) is 5.82 Å². The van der Waals surface area contributed by atoms with Crippen molar-refractivity contribution in [1.82, 2.24) is 20.1 Å². The third-order valence-electron chi connectivity index (χ3n) is 4.65. The number of nitrogens with one attached hydrogen (secondary N) is 3. The maximum absolute atomic E-state index is 12.9. The van der Waals surface area contributed by atoms with Crippen LogP contribution < -0.4 is 10.6 Å². The second-order valence-corrected chi connectivity index (χ2v) is 6.79. The molecule has 2 amide bonds. The number of H-pyrrole nitrogens is 1. The largest absolute Gasteiger partial charge is 0.361 e. The molecular weight excluding hydrogens is 366 g/mol. The van der Waals surface area contributed by atoms with Crippen molar-refractivity contribution in [1.29, 1.82) is 0 Å². The van der Waals surface area contributed by atoms with Crippen LogP contribution in [-0.2, 0) is 16.0 Å². The number of hydrogen-bond donors (Lipinski definition) is 3.